The molecule has 2 aromatic carbocycles. The summed E-state index contributed by atoms with van der Waals surface area (Å²) in [5.41, 5.74) is 2.79. The summed E-state index contributed by atoms with van der Waals surface area (Å²) < 4.78 is 15.6. The Bertz CT molecular complexity index is 1700. The summed E-state index contributed by atoms with van der Waals surface area (Å²) in [6.07, 6.45) is 6.27. The normalized spacial score (nSPS) is 11.1. The number of carbonyl (C=O) groups excluding carboxylic acids is 1. The van der Waals surface area contributed by atoms with Crippen molar-refractivity contribution in [3.05, 3.63) is 84.0 Å². The predicted octanol–water partition coefficient (Wildman–Crippen LogP) is 5.16. The second-order valence-electron chi connectivity index (χ2n) is 7.63. The number of halogens is 1. The zero-order valence-electron chi connectivity index (χ0n) is 17.9. The zero-order valence-corrected chi connectivity index (χ0v) is 18.7. The van der Waals surface area contributed by atoms with Crippen LogP contribution in [-0.4, -0.2) is 36.3 Å². The minimum Gasteiger partial charge on any atom is -0.340 e. The molecule has 0 unspecified atom stereocenters. The molecule has 0 atom stereocenters. The molecule has 0 fully saturated rings. The number of aromatic nitrogens is 6. The van der Waals surface area contributed by atoms with Crippen LogP contribution in [0.1, 0.15) is 9.67 Å². The number of thiophene rings is 1. The molecule has 4 heterocycles. The molecule has 4 aromatic heterocycles. The van der Waals surface area contributed by atoms with Gasteiger partial charge in [0.05, 0.1) is 34.7 Å². The highest BCUT2D eigenvalue weighted by atomic mass is 32.1. The molecule has 1 amide bonds. The van der Waals surface area contributed by atoms with E-state index < -0.39 is 5.82 Å². The number of anilines is 3. The average Bonchev–Trinajstić information content (AvgIpc) is 3.52. The Hall–Kier alpha value is -4.77. The Morgan fingerprint density at radius 3 is 2.80 bits per heavy atom. The van der Waals surface area contributed by atoms with E-state index >= 15 is 0 Å². The molecule has 0 radical (unpaired) electrons. The van der Waals surface area contributed by atoms with E-state index in [9.17, 15) is 9.18 Å². The van der Waals surface area contributed by atoms with Gasteiger partial charge in [0.1, 0.15) is 11.6 Å². The lowest BCUT2D eigenvalue weighted by Gasteiger charge is -2.08. The topological polar surface area (TPSA) is 121 Å². The number of nitrogens with zero attached hydrogens (tertiary/aromatic N) is 5. The van der Waals surface area contributed by atoms with Gasteiger partial charge in [0.25, 0.3) is 5.91 Å². The van der Waals surface area contributed by atoms with E-state index in [1.165, 1.54) is 35.9 Å². The van der Waals surface area contributed by atoms with Crippen LogP contribution in [0.5, 0.6) is 0 Å². The molecule has 0 spiro atoms. The first-order valence-electron chi connectivity index (χ1n) is 10.5. The summed E-state index contributed by atoms with van der Waals surface area (Å²) in [4.78, 5) is 21.9. The molecule has 35 heavy (non-hydrogen) atoms. The van der Waals surface area contributed by atoms with Crippen molar-refractivity contribution in [3.8, 4) is 11.4 Å². The van der Waals surface area contributed by atoms with Gasteiger partial charge in [-0.05, 0) is 48.5 Å². The third-order valence-corrected chi connectivity index (χ3v) is 6.36. The maximum Gasteiger partial charge on any atom is 0.265 e. The van der Waals surface area contributed by atoms with E-state index in [0.717, 1.165) is 16.6 Å². The second kappa shape index (κ2) is 8.54. The number of carbonyl (C=O) groups is 1. The van der Waals surface area contributed by atoms with Crippen molar-refractivity contribution in [3.63, 3.8) is 0 Å². The Morgan fingerprint density at radius 2 is 1.91 bits per heavy atom. The molecular formula is C24H15FN8OS. The number of nitrogens with one attached hydrogen (secondary N) is 3. The van der Waals surface area contributed by atoms with E-state index in [-0.39, 0.29) is 5.91 Å². The van der Waals surface area contributed by atoms with Gasteiger partial charge in [0.15, 0.2) is 5.82 Å². The zero-order chi connectivity index (χ0) is 23.8. The molecule has 0 bridgehead atoms. The van der Waals surface area contributed by atoms with Gasteiger partial charge in [-0.25, -0.2) is 14.4 Å². The highest BCUT2D eigenvalue weighted by Crippen LogP contribution is 2.32. The monoisotopic (exact) mass is 482 g/mol. The van der Waals surface area contributed by atoms with Gasteiger partial charge in [-0.1, -0.05) is 0 Å². The molecule has 170 valence electrons. The van der Waals surface area contributed by atoms with Crippen LogP contribution in [0.4, 0.5) is 21.6 Å². The molecule has 9 nitrogen and oxygen atoms in total. The van der Waals surface area contributed by atoms with Crippen molar-refractivity contribution in [2.75, 3.05) is 10.6 Å². The first-order valence-corrected chi connectivity index (χ1v) is 11.3. The molecule has 11 heteroatoms. The van der Waals surface area contributed by atoms with Crippen molar-refractivity contribution >= 4 is 55.4 Å². The molecule has 3 N–H and O–H groups in total. The molecule has 0 saturated heterocycles. The van der Waals surface area contributed by atoms with E-state index in [0.29, 0.717) is 37.9 Å². The maximum absolute atomic E-state index is 15.0. The van der Waals surface area contributed by atoms with Gasteiger partial charge >= 0.3 is 0 Å². The Balaban J connectivity index is 1.29. The van der Waals surface area contributed by atoms with E-state index in [2.05, 4.69) is 41.0 Å². The fourth-order valence-corrected chi connectivity index (χ4v) is 4.64. The van der Waals surface area contributed by atoms with Crippen LogP contribution in [0, 0.1) is 5.82 Å². The van der Waals surface area contributed by atoms with Crippen molar-refractivity contribution in [2.24, 2.45) is 0 Å². The third-order valence-electron chi connectivity index (χ3n) is 5.28. The Labute approximate surface area is 201 Å². The molecule has 6 rings (SSSR count). The van der Waals surface area contributed by atoms with Crippen LogP contribution in [0.15, 0.2) is 73.3 Å². The minimum atomic E-state index is -0.453. The van der Waals surface area contributed by atoms with Crippen molar-refractivity contribution in [1.82, 2.24) is 30.4 Å². The summed E-state index contributed by atoms with van der Waals surface area (Å²) in [5.74, 6) is 0.126. The lowest BCUT2D eigenvalue weighted by Crippen LogP contribution is -2.10. The number of benzene rings is 2. The first-order chi connectivity index (χ1) is 17.1. The lowest BCUT2D eigenvalue weighted by atomic mass is 10.1. The van der Waals surface area contributed by atoms with Gasteiger partial charge in [-0.15, -0.1) is 11.3 Å². The van der Waals surface area contributed by atoms with E-state index in [1.807, 2.05) is 18.2 Å². The van der Waals surface area contributed by atoms with Crippen LogP contribution in [0.2, 0.25) is 0 Å². The Kier molecular flexibility index (Phi) is 5.08. The van der Waals surface area contributed by atoms with Gasteiger partial charge in [-0.2, -0.15) is 15.3 Å². The maximum atomic E-state index is 15.0. The van der Waals surface area contributed by atoms with Gasteiger partial charge in [-0.3, -0.25) is 9.89 Å². The predicted molar refractivity (Wildman–Crippen MR) is 132 cm³/mol. The van der Waals surface area contributed by atoms with Crippen LogP contribution >= 0.6 is 11.3 Å². The second-order valence-corrected chi connectivity index (χ2v) is 8.71. The summed E-state index contributed by atoms with van der Waals surface area (Å²) in [7, 11) is 0. The van der Waals surface area contributed by atoms with Crippen molar-refractivity contribution in [2.45, 2.75) is 0 Å². The number of rotatable bonds is 5. The highest BCUT2D eigenvalue weighted by Gasteiger charge is 2.16. The molecule has 0 aliphatic heterocycles. The third kappa shape index (κ3) is 4.15. The number of hydrogen-bond acceptors (Lipinski definition) is 8. The van der Waals surface area contributed by atoms with Crippen molar-refractivity contribution in [1.29, 1.82) is 0 Å². The average molecular weight is 483 g/mol. The van der Waals surface area contributed by atoms with Gasteiger partial charge < -0.3 is 10.6 Å². The van der Waals surface area contributed by atoms with Crippen LogP contribution in [0.25, 0.3) is 32.4 Å². The van der Waals surface area contributed by atoms with Crippen LogP contribution < -0.4 is 10.6 Å². The van der Waals surface area contributed by atoms with Crippen molar-refractivity contribution < 1.29 is 9.18 Å². The number of H-pyrrole nitrogens is 1. The SMILES string of the molecule is O=C(Nc1ccnnc1)c1cc2c(F)cc(-c3nccc(Nc4ccc5[nH]ncc5c4)n3)cc2s1. The largest absolute Gasteiger partial charge is 0.340 e. The van der Waals surface area contributed by atoms with Crippen LogP contribution in [0.3, 0.4) is 0 Å². The fourth-order valence-electron chi connectivity index (χ4n) is 3.63. The fraction of sp³-hybridized carbons (Fsp3) is 0. The summed E-state index contributed by atoms with van der Waals surface area (Å²) >= 11 is 1.19. The van der Waals surface area contributed by atoms with E-state index in [1.54, 1.807) is 30.6 Å². The first kappa shape index (κ1) is 20.8. The van der Waals surface area contributed by atoms with Gasteiger partial charge in [0.2, 0.25) is 0 Å². The van der Waals surface area contributed by atoms with E-state index in [4.69, 9.17) is 0 Å². The number of hydrogen-bond donors (Lipinski definition) is 3. The summed E-state index contributed by atoms with van der Waals surface area (Å²) in [5, 5.41) is 21.7. The molecule has 0 aliphatic carbocycles. The molecule has 0 saturated carbocycles. The molecular weight excluding hydrogens is 467 g/mol. The summed E-state index contributed by atoms with van der Waals surface area (Å²) in [6.45, 7) is 0. The standard InChI is InChI=1S/C24H15FN8OS/c25-18-8-13(9-20-17(18)10-21(35-20)24(34)31-16-3-6-27-28-12-16)23-26-5-4-22(32-23)30-15-1-2-19-14(7-15)11-29-33-19/h1-12H,(H,29,33)(H,26,30,32)(H,27,31,34). The Morgan fingerprint density at radius 1 is 0.971 bits per heavy atom. The highest BCUT2D eigenvalue weighted by molar-refractivity contribution is 7.21. The molecule has 6 aromatic rings. The minimum absolute atomic E-state index is 0.350. The lowest BCUT2D eigenvalue weighted by molar-refractivity contribution is 0.103. The number of amides is 1. The van der Waals surface area contributed by atoms with Crippen LogP contribution in [-0.2, 0) is 0 Å². The number of aromatic amines is 1. The quantitative estimate of drug-likeness (QED) is 0.310. The summed E-state index contributed by atoms with van der Waals surface area (Å²) in [6, 6.07) is 13.8. The number of fused-ring (bicyclic) bond motifs is 2. The van der Waals surface area contributed by atoms with Gasteiger partial charge in [0, 0.05) is 32.9 Å². The molecule has 0 aliphatic rings. The smallest absolute Gasteiger partial charge is 0.265 e.